The van der Waals surface area contributed by atoms with Crippen molar-refractivity contribution >= 4 is 21.4 Å². The molecule has 15 heteroatoms. The highest BCUT2D eigenvalue weighted by Crippen LogP contribution is 2.35. The second-order valence-corrected chi connectivity index (χ2v) is 9.04. The number of ether oxygens (including phenoxy) is 3. The van der Waals surface area contributed by atoms with Gasteiger partial charge in [-0.3, -0.25) is 9.35 Å². The van der Waals surface area contributed by atoms with Crippen molar-refractivity contribution in [3.8, 4) is 34.3 Å². The Morgan fingerprint density at radius 3 is 2.41 bits per heavy atom. The van der Waals surface area contributed by atoms with E-state index in [-0.39, 0.29) is 34.0 Å². The lowest BCUT2D eigenvalue weighted by atomic mass is 9.99. The summed E-state index contributed by atoms with van der Waals surface area (Å²) in [5.74, 6) is -0.849. The van der Waals surface area contributed by atoms with Crippen LogP contribution in [0.25, 0.3) is 22.3 Å². The largest absolute Gasteiger partial charge is 0.507 e. The number of phenols is 2. The molecule has 37 heavy (non-hydrogen) atoms. The molecule has 1 saturated heterocycles. The topological polar surface area (TPSA) is 223 Å². The minimum absolute atomic E-state index is 0.0349. The van der Waals surface area contributed by atoms with Crippen LogP contribution in [0, 0.1) is 0 Å². The molecular formula is C22H22O14S. The lowest BCUT2D eigenvalue weighted by Crippen LogP contribution is -2.61. The minimum atomic E-state index is -5.15. The Hall–Kier alpha value is -3.44. The van der Waals surface area contributed by atoms with Gasteiger partial charge in [-0.1, -0.05) is 0 Å². The van der Waals surface area contributed by atoms with Crippen molar-refractivity contribution in [3.63, 3.8) is 0 Å². The van der Waals surface area contributed by atoms with Gasteiger partial charge in [-0.2, -0.15) is 8.42 Å². The summed E-state index contributed by atoms with van der Waals surface area (Å²) < 4.78 is 57.6. The number of benzene rings is 2. The maximum absolute atomic E-state index is 12.7. The summed E-state index contributed by atoms with van der Waals surface area (Å²) in [4.78, 5) is 12.7. The summed E-state index contributed by atoms with van der Waals surface area (Å²) in [5, 5.41) is 49.8. The molecule has 0 aliphatic carbocycles. The minimum Gasteiger partial charge on any atom is -0.507 e. The first-order chi connectivity index (χ1) is 17.4. The molecule has 1 fully saturated rings. The van der Waals surface area contributed by atoms with Gasteiger partial charge in [-0.15, -0.1) is 0 Å². The van der Waals surface area contributed by atoms with Crippen LogP contribution in [-0.4, -0.2) is 82.9 Å². The number of phenolic OH excluding ortho intramolecular Hbond substituents is 2. The molecule has 1 aliphatic heterocycles. The number of aliphatic hydroxyl groups is 3. The van der Waals surface area contributed by atoms with E-state index in [1.807, 2.05) is 0 Å². The van der Waals surface area contributed by atoms with Crippen molar-refractivity contribution < 1.29 is 61.3 Å². The van der Waals surface area contributed by atoms with E-state index in [1.54, 1.807) is 0 Å². The Morgan fingerprint density at radius 1 is 1.03 bits per heavy atom. The lowest BCUT2D eigenvalue weighted by Gasteiger charge is -2.40. The van der Waals surface area contributed by atoms with Crippen molar-refractivity contribution in [2.24, 2.45) is 0 Å². The predicted molar refractivity (Wildman–Crippen MR) is 123 cm³/mol. The van der Waals surface area contributed by atoms with Crippen LogP contribution in [0.5, 0.6) is 23.0 Å². The van der Waals surface area contributed by atoms with Crippen molar-refractivity contribution in [2.75, 3.05) is 13.7 Å². The zero-order chi connectivity index (χ0) is 27.1. The fourth-order valence-corrected chi connectivity index (χ4v) is 4.30. The van der Waals surface area contributed by atoms with Crippen LogP contribution in [0.1, 0.15) is 0 Å². The van der Waals surface area contributed by atoms with E-state index in [0.717, 1.165) is 18.2 Å². The number of aromatic hydroxyl groups is 2. The molecule has 14 nitrogen and oxygen atoms in total. The molecule has 0 amide bonds. The fourth-order valence-electron chi connectivity index (χ4n) is 3.81. The molecule has 1 aliphatic rings. The lowest BCUT2D eigenvalue weighted by molar-refractivity contribution is -0.271. The molecule has 6 N–H and O–H groups in total. The maximum Gasteiger partial charge on any atom is 0.397 e. The van der Waals surface area contributed by atoms with Gasteiger partial charge in [0, 0.05) is 23.8 Å². The SMILES string of the molecule is COc1cc(-c2cc(=O)c3c(O)cc(O[C@@H]4OC(CO)[C@@H](O)C(O)C4OS(=O)(=O)O)cc3o2)ccc1O. The Bertz CT molecular complexity index is 1470. The van der Waals surface area contributed by atoms with Crippen LogP contribution in [0.2, 0.25) is 0 Å². The first-order valence-electron chi connectivity index (χ1n) is 10.5. The summed E-state index contributed by atoms with van der Waals surface area (Å²) in [6, 6.07) is 7.42. The Kier molecular flexibility index (Phi) is 7.29. The number of hydrogen-bond acceptors (Lipinski definition) is 13. The molecule has 2 aromatic carbocycles. The average Bonchev–Trinajstić information content (AvgIpc) is 2.82. The maximum atomic E-state index is 12.7. The highest BCUT2D eigenvalue weighted by molar-refractivity contribution is 7.80. The first-order valence-corrected chi connectivity index (χ1v) is 11.9. The molecule has 0 spiro atoms. The van der Waals surface area contributed by atoms with Gasteiger partial charge in [0.1, 0.15) is 46.5 Å². The second-order valence-electron chi connectivity index (χ2n) is 7.99. The van der Waals surface area contributed by atoms with Crippen LogP contribution >= 0.6 is 0 Å². The standard InChI is InChI=1S/C22H22O14S/c1-32-15-4-9(2-3-11(15)24)14-7-13(26)18-12(25)5-10(6-16(18)34-14)33-22-21(36-37(29,30)31)20(28)19(27)17(8-23)35-22/h2-7,17,19-25,27-28H,8H2,1H3,(H,29,30,31)/t17?,19-,20?,21?,22-/m1/s1. The molecule has 3 aromatic rings. The molecule has 3 unspecified atom stereocenters. The Balaban J connectivity index is 1.75. The predicted octanol–water partition coefficient (Wildman–Crippen LogP) is -0.114. The molecule has 0 radical (unpaired) electrons. The van der Waals surface area contributed by atoms with Crippen LogP contribution in [0.3, 0.4) is 0 Å². The number of rotatable bonds is 7. The van der Waals surface area contributed by atoms with Gasteiger partial charge in [-0.05, 0) is 18.2 Å². The summed E-state index contributed by atoms with van der Waals surface area (Å²) in [6.07, 6.45) is -9.03. The van der Waals surface area contributed by atoms with Gasteiger partial charge in [0.25, 0.3) is 0 Å². The third-order valence-electron chi connectivity index (χ3n) is 5.56. The van der Waals surface area contributed by atoms with Crippen LogP contribution in [0.15, 0.2) is 45.6 Å². The summed E-state index contributed by atoms with van der Waals surface area (Å²) >= 11 is 0. The van der Waals surface area contributed by atoms with E-state index in [1.165, 1.54) is 25.3 Å². The van der Waals surface area contributed by atoms with Gasteiger partial charge in [-0.25, -0.2) is 4.18 Å². The quantitative estimate of drug-likeness (QED) is 0.214. The smallest absolute Gasteiger partial charge is 0.397 e. The van der Waals surface area contributed by atoms with Gasteiger partial charge in [0.15, 0.2) is 23.0 Å². The van der Waals surface area contributed by atoms with Gasteiger partial charge < -0.3 is 44.2 Å². The van der Waals surface area contributed by atoms with Crippen LogP contribution < -0.4 is 14.9 Å². The Morgan fingerprint density at radius 2 is 1.76 bits per heavy atom. The highest BCUT2D eigenvalue weighted by Gasteiger charge is 2.48. The molecular weight excluding hydrogens is 520 g/mol. The second kappa shape index (κ2) is 10.1. The van der Waals surface area contributed by atoms with Crippen molar-refractivity contribution in [1.29, 1.82) is 0 Å². The highest BCUT2D eigenvalue weighted by atomic mass is 32.3. The van der Waals surface area contributed by atoms with E-state index < -0.39 is 58.9 Å². The van der Waals surface area contributed by atoms with E-state index in [4.69, 9.17) is 23.2 Å². The van der Waals surface area contributed by atoms with E-state index in [9.17, 15) is 38.7 Å². The summed E-state index contributed by atoms with van der Waals surface area (Å²) in [6.45, 7) is -0.798. The number of methoxy groups -OCH3 is 1. The molecule has 0 bridgehead atoms. The first kappa shape index (κ1) is 26.6. The third kappa shape index (κ3) is 5.47. The normalized spacial score (nSPS) is 24.2. The average molecular weight is 542 g/mol. The van der Waals surface area contributed by atoms with Crippen LogP contribution in [0.4, 0.5) is 0 Å². The van der Waals surface area contributed by atoms with Crippen LogP contribution in [-0.2, 0) is 19.3 Å². The monoisotopic (exact) mass is 542 g/mol. The third-order valence-corrected chi connectivity index (χ3v) is 6.02. The fraction of sp³-hybridized carbons (Fsp3) is 0.318. The zero-order valence-corrected chi connectivity index (χ0v) is 19.7. The Labute approximate surface area is 208 Å². The van der Waals surface area contributed by atoms with E-state index in [0.29, 0.717) is 5.56 Å². The summed E-state index contributed by atoms with van der Waals surface area (Å²) in [7, 11) is -3.82. The molecule has 0 saturated carbocycles. The van der Waals surface area contributed by atoms with E-state index in [2.05, 4.69) is 4.18 Å². The van der Waals surface area contributed by atoms with Crippen molar-refractivity contribution in [3.05, 3.63) is 46.6 Å². The van der Waals surface area contributed by atoms with Gasteiger partial charge in [0.05, 0.1) is 13.7 Å². The summed E-state index contributed by atoms with van der Waals surface area (Å²) in [5.41, 5.74) is -0.459. The van der Waals surface area contributed by atoms with Crippen molar-refractivity contribution in [2.45, 2.75) is 30.7 Å². The number of hydrogen-bond donors (Lipinski definition) is 6. The van der Waals surface area contributed by atoms with Crippen molar-refractivity contribution in [1.82, 2.24) is 0 Å². The van der Waals surface area contributed by atoms with Gasteiger partial charge >= 0.3 is 10.4 Å². The van der Waals surface area contributed by atoms with E-state index >= 15 is 0 Å². The molecule has 5 atom stereocenters. The zero-order valence-electron chi connectivity index (χ0n) is 18.9. The molecule has 1 aromatic heterocycles. The molecule has 200 valence electrons. The number of aliphatic hydroxyl groups excluding tert-OH is 3. The molecule has 2 heterocycles. The molecule has 4 rings (SSSR count). The van der Waals surface area contributed by atoms with Gasteiger partial charge in [0.2, 0.25) is 6.29 Å². The number of fused-ring (bicyclic) bond motifs is 1.